The number of nitrogens with zero attached hydrogens (tertiary/aromatic N) is 2. The molecule has 1 aromatic carbocycles. The fourth-order valence-electron chi connectivity index (χ4n) is 2.57. The number of thiophene rings is 1. The number of benzene rings is 1. The maximum absolute atomic E-state index is 12.5. The second kappa shape index (κ2) is 8.97. The second-order valence-corrected chi connectivity index (χ2v) is 8.20. The van der Waals surface area contributed by atoms with Crippen LogP contribution in [0.5, 0.6) is 5.75 Å². The van der Waals surface area contributed by atoms with Crippen LogP contribution in [0.15, 0.2) is 53.2 Å². The summed E-state index contributed by atoms with van der Waals surface area (Å²) in [6.45, 7) is 4.42. The molecule has 2 aromatic heterocycles. The van der Waals surface area contributed by atoms with Crippen molar-refractivity contribution < 1.29 is 9.53 Å². The molecule has 140 valence electrons. The van der Waals surface area contributed by atoms with E-state index in [-0.39, 0.29) is 11.9 Å². The van der Waals surface area contributed by atoms with E-state index >= 15 is 0 Å². The summed E-state index contributed by atoms with van der Waals surface area (Å²) in [5.41, 5.74) is 1.78. The number of para-hydroxylation sites is 1. The van der Waals surface area contributed by atoms with E-state index in [9.17, 15) is 4.79 Å². The van der Waals surface area contributed by atoms with Gasteiger partial charge in [-0.05, 0) is 37.4 Å². The lowest BCUT2D eigenvalue weighted by molar-refractivity contribution is -0.126. The first-order chi connectivity index (χ1) is 13.0. The van der Waals surface area contributed by atoms with Crippen LogP contribution in [0.2, 0.25) is 0 Å². The van der Waals surface area contributed by atoms with Gasteiger partial charge in [-0.3, -0.25) is 4.79 Å². The summed E-state index contributed by atoms with van der Waals surface area (Å²) in [6, 6.07) is 11.8. The summed E-state index contributed by atoms with van der Waals surface area (Å²) in [5, 5.41) is 5.05. The van der Waals surface area contributed by atoms with Gasteiger partial charge in [-0.25, -0.2) is 4.98 Å². The minimum atomic E-state index is -0.0409. The van der Waals surface area contributed by atoms with Crippen LogP contribution in [0.1, 0.15) is 34.1 Å². The smallest absolute Gasteiger partial charge is 0.246 e. The normalized spacial score (nSPS) is 12.3. The quantitative estimate of drug-likeness (QED) is 0.506. The fraction of sp³-hybridized carbons (Fsp3) is 0.238. The Kier molecular flexibility index (Phi) is 6.42. The Morgan fingerprint density at radius 2 is 2.07 bits per heavy atom. The van der Waals surface area contributed by atoms with Crippen molar-refractivity contribution >= 4 is 34.7 Å². The van der Waals surface area contributed by atoms with Crippen molar-refractivity contribution in [3.8, 4) is 5.75 Å². The lowest BCUT2D eigenvalue weighted by Gasteiger charge is -2.22. The Hall–Kier alpha value is -2.44. The molecule has 0 aliphatic carbocycles. The minimum absolute atomic E-state index is 0.0409. The van der Waals surface area contributed by atoms with E-state index < -0.39 is 0 Å². The number of hydrogen-bond acceptors (Lipinski definition) is 5. The molecule has 4 nitrogen and oxygen atoms in total. The zero-order chi connectivity index (χ0) is 19.2. The van der Waals surface area contributed by atoms with Gasteiger partial charge in [0.05, 0.1) is 16.7 Å². The summed E-state index contributed by atoms with van der Waals surface area (Å²) < 4.78 is 5.91. The first kappa shape index (κ1) is 19.3. The van der Waals surface area contributed by atoms with E-state index in [1.54, 1.807) is 33.6 Å². The van der Waals surface area contributed by atoms with Gasteiger partial charge >= 0.3 is 0 Å². The Balaban J connectivity index is 1.66. The number of carbonyl (C=O) groups excluding carboxylic acids is 1. The molecule has 3 rings (SSSR count). The Morgan fingerprint density at radius 3 is 2.78 bits per heavy atom. The number of amides is 1. The standard InChI is InChI=1S/C21H22N2O2S2/c1-15(20-9-6-12-26-20)23(3)21(24)11-10-17-7-4-5-8-19(17)25-13-18-14-27-16(2)22-18/h4-12,14-15H,13H2,1-3H3. The monoisotopic (exact) mass is 398 g/mol. The van der Waals surface area contributed by atoms with E-state index in [2.05, 4.69) is 4.98 Å². The molecule has 0 bridgehead atoms. The molecule has 27 heavy (non-hydrogen) atoms. The molecular weight excluding hydrogens is 376 g/mol. The molecule has 6 heteroatoms. The third-order valence-electron chi connectivity index (χ3n) is 4.25. The molecule has 2 heterocycles. The van der Waals surface area contributed by atoms with E-state index in [0.717, 1.165) is 22.0 Å². The number of thiazole rings is 1. The lowest BCUT2D eigenvalue weighted by atomic mass is 10.1. The van der Waals surface area contributed by atoms with Crippen molar-refractivity contribution in [2.24, 2.45) is 0 Å². The van der Waals surface area contributed by atoms with Crippen LogP contribution in [0, 0.1) is 6.92 Å². The highest BCUT2D eigenvalue weighted by Crippen LogP contribution is 2.25. The molecule has 0 aliphatic rings. The summed E-state index contributed by atoms with van der Waals surface area (Å²) in [7, 11) is 1.82. The fourth-order valence-corrected chi connectivity index (χ4v) is 3.99. The molecule has 0 fully saturated rings. The first-order valence-electron chi connectivity index (χ1n) is 8.65. The number of aromatic nitrogens is 1. The third kappa shape index (κ3) is 5.05. The van der Waals surface area contributed by atoms with Gasteiger partial charge in [-0.2, -0.15) is 0 Å². The van der Waals surface area contributed by atoms with Crippen LogP contribution in [-0.2, 0) is 11.4 Å². The van der Waals surface area contributed by atoms with Crippen molar-refractivity contribution in [1.82, 2.24) is 9.88 Å². The number of hydrogen-bond donors (Lipinski definition) is 0. The Labute approximate surface area is 167 Å². The Morgan fingerprint density at radius 1 is 1.26 bits per heavy atom. The highest BCUT2D eigenvalue weighted by molar-refractivity contribution is 7.10. The van der Waals surface area contributed by atoms with Crippen molar-refractivity contribution in [1.29, 1.82) is 0 Å². The van der Waals surface area contributed by atoms with Gasteiger partial charge in [0.1, 0.15) is 12.4 Å². The molecule has 0 saturated heterocycles. The van der Waals surface area contributed by atoms with Crippen molar-refractivity contribution in [3.05, 3.63) is 74.4 Å². The average molecular weight is 399 g/mol. The number of carbonyl (C=O) groups is 1. The largest absolute Gasteiger partial charge is 0.487 e. The average Bonchev–Trinajstić information content (AvgIpc) is 3.35. The molecule has 0 aliphatic heterocycles. The molecule has 0 spiro atoms. The van der Waals surface area contributed by atoms with Gasteiger partial charge in [-0.15, -0.1) is 22.7 Å². The number of ether oxygens (including phenoxy) is 1. The lowest BCUT2D eigenvalue weighted by Crippen LogP contribution is -2.27. The number of likely N-dealkylation sites (N-methyl/N-ethyl adjacent to an activating group) is 1. The van der Waals surface area contributed by atoms with Gasteiger partial charge in [0.25, 0.3) is 0 Å². The number of rotatable bonds is 7. The summed E-state index contributed by atoms with van der Waals surface area (Å²) in [5.74, 6) is 0.696. The molecule has 0 radical (unpaired) electrons. The molecular formula is C21H22N2O2S2. The van der Waals surface area contributed by atoms with Crippen LogP contribution in [0.4, 0.5) is 0 Å². The van der Waals surface area contributed by atoms with Crippen LogP contribution >= 0.6 is 22.7 Å². The molecule has 1 amide bonds. The maximum Gasteiger partial charge on any atom is 0.246 e. The first-order valence-corrected chi connectivity index (χ1v) is 10.4. The van der Waals surface area contributed by atoms with Crippen molar-refractivity contribution in [3.63, 3.8) is 0 Å². The van der Waals surface area contributed by atoms with Crippen LogP contribution < -0.4 is 4.74 Å². The zero-order valence-electron chi connectivity index (χ0n) is 15.6. The molecule has 0 saturated carbocycles. The van der Waals surface area contributed by atoms with Crippen LogP contribution in [-0.4, -0.2) is 22.8 Å². The Bertz CT molecular complexity index is 916. The van der Waals surface area contributed by atoms with E-state index in [1.165, 1.54) is 4.88 Å². The van der Waals surface area contributed by atoms with Crippen molar-refractivity contribution in [2.45, 2.75) is 26.5 Å². The zero-order valence-corrected chi connectivity index (χ0v) is 17.2. The molecule has 1 unspecified atom stereocenters. The molecule has 0 N–H and O–H groups in total. The maximum atomic E-state index is 12.5. The van der Waals surface area contributed by atoms with E-state index in [4.69, 9.17) is 4.74 Å². The van der Waals surface area contributed by atoms with Crippen molar-refractivity contribution in [2.75, 3.05) is 7.05 Å². The predicted molar refractivity (Wildman–Crippen MR) is 112 cm³/mol. The topological polar surface area (TPSA) is 42.4 Å². The summed E-state index contributed by atoms with van der Waals surface area (Å²) in [4.78, 5) is 19.9. The van der Waals surface area contributed by atoms with Gasteiger partial charge in [0.15, 0.2) is 0 Å². The molecule has 3 aromatic rings. The van der Waals surface area contributed by atoms with E-state index in [0.29, 0.717) is 6.61 Å². The molecule has 1 atom stereocenters. The van der Waals surface area contributed by atoms with Crippen LogP contribution in [0.25, 0.3) is 6.08 Å². The predicted octanol–water partition coefficient (Wildman–Crippen LogP) is 5.32. The highest BCUT2D eigenvalue weighted by Gasteiger charge is 2.16. The summed E-state index contributed by atoms with van der Waals surface area (Å²) >= 11 is 3.26. The second-order valence-electron chi connectivity index (χ2n) is 6.16. The third-order valence-corrected chi connectivity index (χ3v) is 6.12. The highest BCUT2D eigenvalue weighted by atomic mass is 32.1. The summed E-state index contributed by atoms with van der Waals surface area (Å²) in [6.07, 6.45) is 3.40. The van der Waals surface area contributed by atoms with Gasteiger partial charge < -0.3 is 9.64 Å². The van der Waals surface area contributed by atoms with Gasteiger partial charge in [0.2, 0.25) is 5.91 Å². The minimum Gasteiger partial charge on any atom is -0.487 e. The SMILES string of the molecule is Cc1nc(COc2ccccc2C=CC(=O)N(C)C(C)c2cccs2)cs1. The van der Waals surface area contributed by atoms with Gasteiger partial charge in [0, 0.05) is 28.9 Å². The van der Waals surface area contributed by atoms with Gasteiger partial charge in [-0.1, -0.05) is 24.3 Å². The number of aryl methyl sites for hydroxylation is 1. The van der Waals surface area contributed by atoms with E-state index in [1.807, 2.05) is 74.1 Å². The van der Waals surface area contributed by atoms with Crippen LogP contribution in [0.3, 0.4) is 0 Å².